The average Bonchev–Trinajstić information content (AvgIpc) is 2.92. The van der Waals surface area contributed by atoms with Crippen LogP contribution in [0.4, 0.5) is 23.7 Å². The number of piperazine rings is 1. The van der Waals surface area contributed by atoms with E-state index in [1.165, 1.54) is 12.1 Å². The van der Waals surface area contributed by atoms with Gasteiger partial charge in [-0.1, -0.05) is 48.0 Å². The molecule has 38 heavy (non-hydrogen) atoms. The van der Waals surface area contributed by atoms with Crippen molar-refractivity contribution >= 4 is 23.3 Å². The molecule has 1 atom stereocenters. The minimum absolute atomic E-state index is 0.159. The zero-order valence-electron chi connectivity index (χ0n) is 20.9. The van der Waals surface area contributed by atoms with Gasteiger partial charge in [0.1, 0.15) is 5.75 Å². The van der Waals surface area contributed by atoms with Crippen molar-refractivity contribution in [3.63, 3.8) is 0 Å². The van der Waals surface area contributed by atoms with Gasteiger partial charge in [0.05, 0.1) is 31.1 Å². The van der Waals surface area contributed by atoms with Crippen LogP contribution in [0, 0.1) is 0 Å². The molecule has 10 heteroatoms. The molecule has 0 saturated carbocycles. The molecule has 202 valence electrons. The number of nitrogens with one attached hydrogen (secondary N) is 1. The van der Waals surface area contributed by atoms with Crippen LogP contribution in [0.25, 0.3) is 0 Å². The first kappa shape index (κ1) is 27.8. The van der Waals surface area contributed by atoms with Gasteiger partial charge < -0.3 is 19.7 Å². The van der Waals surface area contributed by atoms with Crippen molar-refractivity contribution in [2.24, 2.45) is 0 Å². The van der Waals surface area contributed by atoms with Crippen molar-refractivity contribution < 1.29 is 27.4 Å². The van der Waals surface area contributed by atoms with Gasteiger partial charge in [0.15, 0.2) is 0 Å². The third kappa shape index (κ3) is 7.40. The average molecular weight is 548 g/mol. The first-order valence-corrected chi connectivity index (χ1v) is 12.6. The molecule has 0 aliphatic carbocycles. The number of ether oxygens (including phenoxy) is 2. The lowest BCUT2D eigenvalue weighted by molar-refractivity contribution is -0.137. The standard InChI is InChI=1S/C28H29ClF3N3O3/c1-37-25-5-3-2-4-24(25)33-27(36)35-16-14-34(15-17-35)18-26(21-8-12-23(29)13-9-21)38-19-20-6-10-22(11-7-20)28(30,31)32/h2-13,26H,14-19H2,1H3,(H,33,36). The first-order valence-electron chi connectivity index (χ1n) is 12.2. The summed E-state index contributed by atoms with van der Waals surface area (Å²) >= 11 is 6.06. The number of methoxy groups -OCH3 is 1. The van der Waals surface area contributed by atoms with E-state index in [0.29, 0.717) is 54.7 Å². The number of alkyl halides is 3. The van der Waals surface area contributed by atoms with E-state index in [-0.39, 0.29) is 18.7 Å². The summed E-state index contributed by atoms with van der Waals surface area (Å²) in [6.45, 7) is 3.08. The van der Waals surface area contributed by atoms with Crippen LogP contribution in [-0.4, -0.2) is 55.7 Å². The van der Waals surface area contributed by atoms with Crippen molar-refractivity contribution in [1.82, 2.24) is 9.80 Å². The van der Waals surface area contributed by atoms with Gasteiger partial charge in [-0.3, -0.25) is 4.90 Å². The van der Waals surface area contributed by atoms with Crippen LogP contribution in [0.15, 0.2) is 72.8 Å². The van der Waals surface area contributed by atoms with Crippen LogP contribution < -0.4 is 10.1 Å². The van der Waals surface area contributed by atoms with Gasteiger partial charge in [0.25, 0.3) is 0 Å². The second-order valence-electron chi connectivity index (χ2n) is 8.96. The number of benzene rings is 3. The summed E-state index contributed by atoms with van der Waals surface area (Å²) in [5.74, 6) is 0.593. The molecular weight excluding hydrogens is 519 g/mol. The van der Waals surface area contributed by atoms with Crippen LogP contribution in [-0.2, 0) is 17.5 Å². The van der Waals surface area contributed by atoms with E-state index in [1.807, 2.05) is 24.3 Å². The molecule has 0 bridgehead atoms. The Hall–Kier alpha value is -3.27. The van der Waals surface area contributed by atoms with Gasteiger partial charge in [0.2, 0.25) is 0 Å². The lowest BCUT2D eigenvalue weighted by atomic mass is 10.1. The van der Waals surface area contributed by atoms with E-state index in [2.05, 4.69) is 10.2 Å². The smallest absolute Gasteiger partial charge is 0.416 e. The fourth-order valence-electron chi connectivity index (χ4n) is 4.23. The summed E-state index contributed by atoms with van der Waals surface area (Å²) in [6.07, 6.45) is -4.71. The maximum atomic E-state index is 12.9. The quantitative estimate of drug-likeness (QED) is 0.351. The highest BCUT2D eigenvalue weighted by Crippen LogP contribution is 2.30. The first-order chi connectivity index (χ1) is 18.2. The fourth-order valence-corrected chi connectivity index (χ4v) is 4.35. The minimum Gasteiger partial charge on any atom is -0.495 e. The molecule has 1 saturated heterocycles. The van der Waals surface area contributed by atoms with Crippen molar-refractivity contribution in [2.45, 2.75) is 18.9 Å². The molecule has 3 aromatic rings. The summed E-state index contributed by atoms with van der Waals surface area (Å²) < 4.78 is 50.2. The van der Waals surface area contributed by atoms with E-state index in [4.69, 9.17) is 21.1 Å². The molecule has 1 fully saturated rings. The molecule has 2 amide bonds. The Balaban J connectivity index is 1.36. The molecule has 6 nitrogen and oxygen atoms in total. The number of nitrogens with zero attached hydrogens (tertiary/aromatic N) is 2. The van der Waals surface area contributed by atoms with Gasteiger partial charge in [-0.15, -0.1) is 0 Å². The van der Waals surface area contributed by atoms with Crippen LogP contribution >= 0.6 is 11.6 Å². The van der Waals surface area contributed by atoms with Gasteiger partial charge in [-0.25, -0.2) is 4.79 Å². The third-order valence-electron chi connectivity index (χ3n) is 6.41. The molecular formula is C28H29ClF3N3O3. The summed E-state index contributed by atoms with van der Waals surface area (Å²) in [6, 6.07) is 19.4. The van der Waals surface area contributed by atoms with Gasteiger partial charge in [-0.2, -0.15) is 13.2 Å². The third-order valence-corrected chi connectivity index (χ3v) is 6.66. The number of anilines is 1. The number of urea groups is 1. The molecule has 1 unspecified atom stereocenters. The Morgan fingerprint density at radius 2 is 1.63 bits per heavy atom. The molecule has 0 spiro atoms. The maximum Gasteiger partial charge on any atom is 0.416 e. The van der Waals surface area contributed by atoms with Crippen LogP contribution in [0.5, 0.6) is 5.75 Å². The predicted molar refractivity (Wildman–Crippen MR) is 140 cm³/mol. The Labute approximate surface area is 224 Å². The second kappa shape index (κ2) is 12.5. The van der Waals surface area contributed by atoms with Crippen LogP contribution in [0.1, 0.15) is 22.8 Å². The highest BCUT2D eigenvalue weighted by molar-refractivity contribution is 6.30. The van der Waals surface area contributed by atoms with Crippen LogP contribution in [0.3, 0.4) is 0 Å². The fraction of sp³-hybridized carbons (Fsp3) is 0.321. The van der Waals surface area contributed by atoms with Crippen molar-refractivity contribution in [3.05, 3.63) is 94.5 Å². The molecule has 3 aromatic carbocycles. The summed E-state index contributed by atoms with van der Waals surface area (Å²) in [5.41, 5.74) is 1.48. The molecule has 1 aliphatic heterocycles. The Bertz CT molecular complexity index is 1200. The van der Waals surface area contributed by atoms with Gasteiger partial charge >= 0.3 is 12.2 Å². The molecule has 0 aromatic heterocycles. The van der Waals surface area contributed by atoms with Crippen molar-refractivity contribution in [1.29, 1.82) is 0 Å². The number of amides is 2. The molecule has 4 rings (SSSR count). The SMILES string of the molecule is COc1ccccc1NC(=O)N1CCN(CC(OCc2ccc(C(F)(F)F)cc2)c2ccc(Cl)cc2)CC1. The lowest BCUT2D eigenvalue weighted by Crippen LogP contribution is -2.50. The topological polar surface area (TPSA) is 54.0 Å². The number of carbonyl (C=O) groups excluding carboxylic acids is 1. The number of hydrogen-bond donors (Lipinski definition) is 1. The second-order valence-corrected chi connectivity index (χ2v) is 9.40. The van der Waals surface area contributed by atoms with Gasteiger partial charge in [-0.05, 0) is 47.5 Å². The highest BCUT2D eigenvalue weighted by atomic mass is 35.5. The van der Waals surface area contributed by atoms with Gasteiger partial charge in [0, 0.05) is 37.7 Å². The number of para-hydroxylation sites is 2. The van der Waals surface area contributed by atoms with E-state index in [0.717, 1.165) is 17.7 Å². The molecule has 1 heterocycles. The summed E-state index contributed by atoms with van der Waals surface area (Å²) in [7, 11) is 1.56. The monoisotopic (exact) mass is 547 g/mol. The van der Waals surface area contributed by atoms with E-state index in [1.54, 1.807) is 36.3 Å². The van der Waals surface area contributed by atoms with Crippen molar-refractivity contribution in [2.75, 3.05) is 45.2 Å². The molecule has 1 N–H and O–H groups in total. The zero-order chi connectivity index (χ0) is 27.1. The lowest BCUT2D eigenvalue weighted by Gasteiger charge is -2.36. The predicted octanol–water partition coefficient (Wildman–Crippen LogP) is 6.48. The number of halogens is 4. The highest BCUT2D eigenvalue weighted by Gasteiger charge is 2.30. The summed E-state index contributed by atoms with van der Waals surface area (Å²) in [4.78, 5) is 16.8. The van der Waals surface area contributed by atoms with Crippen LogP contribution in [0.2, 0.25) is 5.02 Å². The van der Waals surface area contributed by atoms with Crippen molar-refractivity contribution in [3.8, 4) is 5.75 Å². The minimum atomic E-state index is -4.38. The number of hydrogen-bond acceptors (Lipinski definition) is 4. The largest absolute Gasteiger partial charge is 0.495 e. The molecule has 1 aliphatic rings. The number of carbonyl (C=O) groups is 1. The Kier molecular flexibility index (Phi) is 9.14. The van der Waals surface area contributed by atoms with E-state index < -0.39 is 11.7 Å². The summed E-state index contributed by atoms with van der Waals surface area (Å²) in [5, 5.41) is 3.51. The maximum absolute atomic E-state index is 12.9. The molecule has 0 radical (unpaired) electrons. The Morgan fingerprint density at radius 3 is 2.26 bits per heavy atom. The van der Waals surface area contributed by atoms with E-state index >= 15 is 0 Å². The van der Waals surface area contributed by atoms with E-state index in [9.17, 15) is 18.0 Å². The Morgan fingerprint density at radius 1 is 0.974 bits per heavy atom. The number of rotatable bonds is 8. The zero-order valence-corrected chi connectivity index (χ0v) is 21.6. The normalized spacial score (nSPS) is 15.2.